The van der Waals surface area contributed by atoms with Crippen LogP contribution in [0.4, 0.5) is 23.0 Å². The van der Waals surface area contributed by atoms with Gasteiger partial charge in [0.2, 0.25) is 5.95 Å². The van der Waals surface area contributed by atoms with Gasteiger partial charge in [-0.05, 0) is 54.6 Å². The monoisotopic (exact) mass is 358 g/mol. The Labute approximate surface area is 157 Å². The second-order valence-corrected chi connectivity index (χ2v) is 5.98. The molecule has 3 rings (SSSR count). The molecule has 1 aromatic heterocycles. The van der Waals surface area contributed by atoms with Crippen molar-refractivity contribution in [3.05, 3.63) is 72.1 Å². The zero-order valence-corrected chi connectivity index (χ0v) is 15.0. The zero-order chi connectivity index (χ0) is 19.2. The topological polar surface area (TPSA) is 93.9 Å². The maximum atomic E-state index is 12.4. The average molecular weight is 358 g/mol. The van der Waals surface area contributed by atoms with E-state index in [2.05, 4.69) is 26.7 Å². The quantitative estimate of drug-likeness (QED) is 0.726. The van der Waals surface area contributed by atoms with Crippen molar-refractivity contribution in [1.82, 2.24) is 9.97 Å². The van der Waals surface area contributed by atoms with Gasteiger partial charge in [-0.15, -0.1) is 0 Å². The van der Waals surface area contributed by atoms with Gasteiger partial charge in [-0.3, -0.25) is 4.79 Å². The molecular weight excluding hydrogens is 340 g/mol. The van der Waals surface area contributed by atoms with Crippen molar-refractivity contribution < 1.29 is 4.79 Å². The van der Waals surface area contributed by atoms with Crippen LogP contribution in [0.25, 0.3) is 0 Å². The summed E-state index contributed by atoms with van der Waals surface area (Å²) >= 11 is 0. The van der Waals surface area contributed by atoms with Gasteiger partial charge in [0.25, 0.3) is 5.91 Å². The fourth-order valence-corrected chi connectivity index (χ4v) is 2.34. The minimum absolute atomic E-state index is 0.248. The van der Waals surface area contributed by atoms with Gasteiger partial charge in [0.05, 0.1) is 11.6 Å². The fourth-order valence-electron chi connectivity index (χ4n) is 2.34. The Kier molecular flexibility index (Phi) is 5.28. The summed E-state index contributed by atoms with van der Waals surface area (Å²) in [6, 6.07) is 18.0. The van der Waals surface area contributed by atoms with Crippen LogP contribution in [0, 0.1) is 11.3 Å². The van der Waals surface area contributed by atoms with Gasteiger partial charge in [-0.25, -0.2) is 9.97 Å². The summed E-state index contributed by atoms with van der Waals surface area (Å²) < 4.78 is 0. The van der Waals surface area contributed by atoms with Crippen molar-refractivity contribution in [3.8, 4) is 6.07 Å². The summed E-state index contributed by atoms with van der Waals surface area (Å²) in [4.78, 5) is 22.8. The number of nitriles is 1. The molecule has 134 valence electrons. The Hall–Kier alpha value is -3.92. The van der Waals surface area contributed by atoms with Crippen LogP contribution < -0.4 is 15.5 Å². The number of rotatable bonds is 5. The lowest BCUT2D eigenvalue weighted by Crippen LogP contribution is -2.15. The standard InChI is InChI=1S/C20H18N6O/c1-26(2)17-9-7-15(8-10-17)23-19(27)18-11-12-22-20(25-18)24-16-5-3-14(13-21)4-6-16/h3-12H,1-2H3,(H,23,27)(H,22,24,25). The summed E-state index contributed by atoms with van der Waals surface area (Å²) in [5.41, 5.74) is 3.27. The number of aromatic nitrogens is 2. The molecular formula is C20H18N6O. The van der Waals surface area contributed by atoms with E-state index in [4.69, 9.17) is 5.26 Å². The Morgan fingerprint density at radius 3 is 2.30 bits per heavy atom. The van der Waals surface area contributed by atoms with E-state index in [1.807, 2.05) is 43.3 Å². The van der Waals surface area contributed by atoms with Gasteiger partial charge in [0.1, 0.15) is 5.69 Å². The van der Waals surface area contributed by atoms with Crippen molar-refractivity contribution in [2.75, 3.05) is 29.6 Å². The third-order valence-electron chi connectivity index (χ3n) is 3.80. The molecule has 0 aliphatic carbocycles. The van der Waals surface area contributed by atoms with Crippen LogP contribution in [-0.2, 0) is 0 Å². The van der Waals surface area contributed by atoms with Crippen molar-refractivity contribution in [3.63, 3.8) is 0 Å². The summed E-state index contributed by atoms with van der Waals surface area (Å²) in [5, 5.41) is 14.7. The van der Waals surface area contributed by atoms with Crippen molar-refractivity contribution >= 4 is 28.9 Å². The maximum absolute atomic E-state index is 12.4. The highest BCUT2D eigenvalue weighted by Gasteiger charge is 2.10. The van der Waals surface area contributed by atoms with E-state index in [0.29, 0.717) is 17.2 Å². The highest BCUT2D eigenvalue weighted by atomic mass is 16.1. The number of nitrogens with one attached hydrogen (secondary N) is 2. The predicted octanol–water partition coefficient (Wildman–Crippen LogP) is 3.41. The van der Waals surface area contributed by atoms with Gasteiger partial charge in [0.15, 0.2) is 0 Å². The van der Waals surface area contributed by atoms with Crippen LogP contribution >= 0.6 is 0 Å². The minimum atomic E-state index is -0.321. The average Bonchev–Trinajstić information content (AvgIpc) is 2.69. The highest BCUT2D eigenvalue weighted by molar-refractivity contribution is 6.03. The summed E-state index contributed by atoms with van der Waals surface area (Å²) in [5.74, 6) is -0.0202. The SMILES string of the molecule is CN(C)c1ccc(NC(=O)c2ccnc(Nc3ccc(C#N)cc3)n2)cc1. The molecule has 0 radical (unpaired) electrons. The third kappa shape index (κ3) is 4.58. The van der Waals surface area contributed by atoms with Gasteiger partial charge >= 0.3 is 0 Å². The lowest BCUT2D eigenvalue weighted by Gasteiger charge is -2.13. The second-order valence-electron chi connectivity index (χ2n) is 5.98. The van der Waals surface area contributed by atoms with Crippen molar-refractivity contribution in [2.45, 2.75) is 0 Å². The van der Waals surface area contributed by atoms with E-state index in [1.165, 1.54) is 6.20 Å². The molecule has 0 aliphatic rings. The highest BCUT2D eigenvalue weighted by Crippen LogP contribution is 2.17. The van der Waals surface area contributed by atoms with Crippen molar-refractivity contribution in [2.24, 2.45) is 0 Å². The number of hydrogen-bond donors (Lipinski definition) is 2. The molecule has 0 atom stereocenters. The first-order valence-corrected chi connectivity index (χ1v) is 8.24. The molecule has 7 nitrogen and oxygen atoms in total. The Morgan fingerprint density at radius 1 is 1.00 bits per heavy atom. The lowest BCUT2D eigenvalue weighted by atomic mass is 10.2. The first kappa shape index (κ1) is 17.9. The molecule has 0 bridgehead atoms. The van der Waals surface area contributed by atoms with Crippen LogP contribution in [-0.4, -0.2) is 30.0 Å². The fraction of sp³-hybridized carbons (Fsp3) is 0.100. The lowest BCUT2D eigenvalue weighted by molar-refractivity contribution is 0.102. The number of carbonyl (C=O) groups excluding carboxylic acids is 1. The minimum Gasteiger partial charge on any atom is -0.378 e. The number of nitrogens with zero attached hydrogens (tertiary/aromatic N) is 4. The summed E-state index contributed by atoms with van der Waals surface area (Å²) in [7, 11) is 3.91. The van der Waals surface area contributed by atoms with Crippen LogP contribution in [0.3, 0.4) is 0 Å². The van der Waals surface area contributed by atoms with E-state index >= 15 is 0 Å². The van der Waals surface area contributed by atoms with E-state index < -0.39 is 0 Å². The van der Waals surface area contributed by atoms with Gasteiger partial charge in [-0.1, -0.05) is 0 Å². The van der Waals surface area contributed by atoms with E-state index in [9.17, 15) is 4.79 Å². The Balaban J connectivity index is 1.70. The summed E-state index contributed by atoms with van der Waals surface area (Å²) in [6.45, 7) is 0. The molecule has 0 saturated carbocycles. The predicted molar refractivity (Wildman–Crippen MR) is 105 cm³/mol. The molecule has 1 heterocycles. The molecule has 7 heteroatoms. The number of hydrogen-bond acceptors (Lipinski definition) is 6. The van der Waals surface area contributed by atoms with E-state index in [-0.39, 0.29) is 11.6 Å². The molecule has 0 spiro atoms. The van der Waals surface area contributed by atoms with E-state index in [1.54, 1.807) is 30.3 Å². The molecule has 1 amide bonds. The molecule has 3 aromatic rings. The molecule has 0 fully saturated rings. The second kappa shape index (κ2) is 7.97. The molecule has 2 aromatic carbocycles. The molecule has 0 saturated heterocycles. The normalized spacial score (nSPS) is 9.96. The first-order chi connectivity index (χ1) is 13.0. The van der Waals surface area contributed by atoms with Crippen molar-refractivity contribution in [1.29, 1.82) is 5.26 Å². The van der Waals surface area contributed by atoms with Crippen LogP contribution in [0.5, 0.6) is 0 Å². The molecule has 27 heavy (non-hydrogen) atoms. The number of amides is 1. The maximum Gasteiger partial charge on any atom is 0.274 e. The molecule has 0 unspecified atom stereocenters. The first-order valence-electron chi connectivity index (χ1n) is 8.24. The van der Waals surface area contributed by atoms with Crippen LogP contribution in [0.15, 0.2) is 60.8 Å². The third-order valence-corrected chi connectivity index (χ3v) is 3.80. The van der Waals surface area contributed by atoms with E-state index in [0.717, 1.165) is 11.4 Å². The van der Waals surface area contributed by atoms with Gasteiger partial charge in [0, 0.05) is 37.4 Å². The largest absolute Gasteiger partial charge is 0.378 e. The number of carbonyl (C=O) groups is 1. The zero-order valence-electron chi connectivity index (χ0n) is 15.0. The molecule has 2 N–H and O–H groups in total. The van der Waals surface area contributed by atoms with Gasteiger partial charge in [-0.2, -0.15) is 5.26 Å². The van der Waals surface area contributed by atoms with Crippen LogP contribution in [0.2, 0.25) is 0 Å². The number of anilines is 4. The summed E-state index contributed by atoms with van der Waals surface area (Å²) in [6.07, 6.45) is 1.52. The Morgan fingerprint density at radius 2 is 1.67 bits per heavy atom. The number of benzene rings is 2. The molecule has 0 aliphatic heterocycles. The Bertz CT molecular complexity index is 975. The smallest absolute Gasteiger partial charge is 0.274 e. The van der Waals surface area contributed by atoms with Gasteiger partial charge < -0.3 is 15.5 Å². The van der Waals surface area contributed by atoms with Crippen LogP contribution in [0.1, 0.15) is 16.1 Å².